The van der Waals surface area contributed by atoms with Crippen molar-refractivity contribution in [3.63, 3.8) is 0 Å². The van der Waals surface area contributed by atoms with E-state index < -0.39 is 23.4 Å². The van der Waals surface area contributed by atoms with Gasteiger partial charge in [0.2, 0.25) is 0 Å². The molecule has 0 radical (unpaired) electrons. The van der Waals surface area contributed by atoms with Gasteiger partial charge in [0.05, 0.1) is 12.6 Å². The lowest BCUT2D eigenvalue weighted by Gasteiger charge is -2.27. The molecule has 0 aliphatic carbocycles. The molecule has 0 aromatic rings. The maximum atomic E-state index is 12.2. The average molecular weight is 330 g/mol. The minimum absolute atomic E-state index is 0.0622. The molecular weight excluding hydrogens is 300 g/mol. The molecule has 134 valence electrons. The van der Waals surface area contributed by atoms with Crippen molar-refractivity contribution in [1.82, 2.24) is 10.2 Å². The first-order chi connectivity index (χ1) is 10.4. The van der Waals surface area contributed by atoms with Crippen molar-refractivity contribution >= 4 is 12.2 Å². The predicted octanol–water partition coefficient (Wildman–Crippen LogP) is 2.13. The van der Waals surface area contributed by atoms with Gasteiger partial charge in [-0.15, -0.1) is 0 Å². The molecule has 0 aromatic carbocycles. The fourth-order valence-corrected chi connectivity index (χ4v) is 2.42. The zero-order valence-corrected chi connectivity index (χ0v) is 15.0. The molecule has 2 amide bonds. The minimum Gasteiger partial charge on any atom is -0.444 e. The molecule has 0 spiro atoms. The SMILES string of the molecule is CC(C)(C)OC(=O)NC[C@@H]1C[C@@H](CO)N(C(=O)OC(C)(C)C)C1. The summed E-state index contributed by atoms with van der Waals surface area (Å²) in [5.74, 6) is 0.0622. The third kappa shape index (κ3) is 7.07. The largest absolute Gasteiger partial charge is 0.444 e. The third-order valence-electron chi connectivity index (χ3n) is 3.27. The van der Waals surface area contributed by atoms with E-state index in [1.807, 2.05) is 0 Å². The van der Waals surface area contributed by atoms with Gasteiger partial charge in [0.15, 0.2) is 0 Å². The summed E-state index contributed by atoms with van der Waals surface area (Å²) in [6, 6.07) is -0.282. The van der Waals surface area contributed by atoms with Gasteiger partial charge in [0.25, 0.3) is 0 Å². The molecule has 1 rings (SSSR count). The number of hydrogen-bond donors (Lipinski definition) is 2. The van der Waals surface area contributed by atoms with Gasteiger partial charge in [-0.2, -0.15) is 0 Å². The van der Waals surface area contributed by atoms with E-state index in [4.69, 9.17) is 9.47 Å². The molecule has 1 fully saturated rings. The van der Waals surface area contributed by atoms with E-state index >= 15 is 0 Å². The molecule has 7 nitrogen and oxygen atoms in total. The van der Waals surface area contributed by atoms with Crippen molar-refractivity contribution in [2.24, 2.45) is 5.92 Å². The Labute approximate surface area is 138 Å². The number of ether oxygens (including phenoxy) is 2. The molecule has 0 saturated carbocycles. The Bertz CT molecular complexity index is 425. The summed E-state index contributed by atoms with van der Waals surface area (Å²) in [5.41, 5.74) is -1.13. The lowest BCUT2D eigenvalue weighted by atomic mass is 10.1. The summed E-state index contributed by atoms with van der Waals surface area (Å²) in [7, 11) is 0. The molecule has 23 heavy (non-hydrogen) atoms. The number of aliphatic hydroxyl groups excluding tert-OH is 1. The lowest BCUT2D eigenvalue weighted by molar-refractivity contribution is 0.0172. The maximum absolute atomic E-state index is 12.2. The second-order valence-electron chi connectivity index (χ2n) is 7.95. The van der Waals surface area contributed by atoms with Crippen LogP contribution < -0.4 is 5.32 Å². The van der Waals surface area contributed by atoms with Crippen molar-refractivity contribution in [2.45, 2.75) is 65.2 Å². The Morgan fingerprint density at radius 2 is 1.70 bits per heavy atom. The van der Waals surface area contributed by atoms with Crippen LogP contribution in [-0.4, -0.2) is 59.1 Å². The van der Waals surface area contributed by atoms with Gasteiger partial charge in [-0.05, 0) is 53.9 Å². The first kappa shape index (κ1) is 19.5. The molecule has 0 bridgehead atoms. The van der Waals surface area contributed by atoms with Crippen LogP contribution in [0.4, 0.5) is 9.59 Å². The number of amides is 2. The summed E-state index contributed by atoms with van der Waals surface area (Å²) in [6.07, 6.45) is -0.295. The summed E-state index contributed by atoms with van der Waals surface area (Å²) >= 11 is 0. The number of hydrogen-bond acceptors (Lipinski definition) is 5. The van der Waals surface area contributed by atoms with Crippen LogP contribution in [0.1, 0.15) is 48.0 Å². The van der Waals surface area contributed by atoms with Crippen molar-refractivity contribution in [2.75, 3.05) is 19.7 Å². The van der Waals surface area contributed by atoms with Crippen LogP contribution in [-0.2, 0) is 9.47 Å². The predicted molar refractivity (Wildman–Crippen MR) is 86.2 cm³/mol. The van der Waals surface area contributed by atoms with Gasteiger partial charge in [-0.1, -0.05) is 0 Å². The van der Waals surface area contributed by atoms with Crippen LogP contribution in [0.5, 0.6) is 0 Å². The summed E-state index contributed by atoms with van der Waals surface area (Å²) < 4.78 is 10.5. The summed E-state index contributed by atoms with van der Waals surface area (Å²) in [4.78, 5) is 25.4. The molecule has 1 saturated heterocycles. The monoisotopic (exact) mass is 330 g/mol. The molecule has 1 aliphatic rings. The maximum Gasteiger partial charge on any atom is 0.410 e. The number of aliphatic hydroxyl groups is 1. The smallest absolute Gasteiger partial charge is 0.410 e. The standard InChI is InChI=1S/C16H30N2O5/c1-15(2,3)22-13(20)17-8-11-7-12(10-19)18(9-11)14(21)23-16(4,5)6/h11-12,19H,7-10H2,1-6H3,(H,17,20)/t11-,12-/m0/s1. The van der Waals surface area contributed by atoms with Crippen LogP contribution in [0.3, 0.4) is 0 Å². The molecule has 0 aromatic heterocycles. The molecule has 0 unspecified atom stereocenters. The molecular formula is C16H30N2O5. The highest BCUT2D eigenvalue weighted by molar-refractivity contribution is 5.69. The van der Waals surface area contributed by atoms with Crippen molar-refractivity contribution in [3.05, 3.63) is 0 Å². The fraction of sp³-hybridized carbons (Fsp3) is 0.875. The molecule has 1 heterocycles. The molecule has 7 heteroatoms. The minimum atomic E-state index is -0.579. The Morgan fingerprint density at radius 3 is 2.17 bits per heavy atom. The second-order valence-corrected chi connectivity index (χ2v) is 7.95. The van der Waals surface area contributed by atoms with Crippen molar-refractivity contribution in [3.8, 4) is 0 Å². The van der Waals surface area contributed by atoms with Crippen molar-refractivity contribution in [1.29, 1.82) is 0 Å². The van der Waals surface area contributed by atoms with E-state index in [1.165, 1.54) is 4.90 Å². The van der Waals surface area contributed by atoms with E-state index in [0.717, 1.165) is 0 Å². The van der Waals surface area contributed by atoms with E-state index in [0.29, 0.717) is 19.5 Å². The highest BCUT2D eigenvalue weighted by atomic mass is 16.6. The van der Waals surface area contributed by atoms with Gasteiger partial charge in [-0.3, -0.25) is 0 Å². The van der Waals surface area contributed by atoms with Crippen LogP contribution in [0.2, 0.25) is 0 Å². The van der Waals surface area contributed by atoms with Crippen LogP contribution >= 0.6 is 0 Å². The van der Waals surface area contributed by atoms with E-state index in [2.05, 4.69) is 5.32 Å². The zero-order valence-electron chi connectivity index (χ0n) is 15.0. The Morgan fingerprint density at radius 1 is 1.13 bits per heavy atom. The highest BCUT2D eigenvalue weighted by Gasteiger charge is 2.37. The number of carbonyl (C=O) groups is 2. The van der Waals surface area contributed by atoms with Gasteiger partial charge in [-0.25, -0.2) is 9.59 Å². The Hall–Kier alpha value is -1.50. The quantitative estimate of drug-likeness (QED) is 0.827. The molecule has 2 N–H and O–H groups in total. The molecule has 2 atom stereocenters. The van der Waals surface area contributed by atoms with Crippen LogP contribution in [0, 0.1) is 5.92 Å². The summed E-state index contributed by atoms with van der Waals surface area (Å²) in [6.45, 7) is 11.5. The number of nitrogens with zero attached hydrogens (tertiary/aromatic N) is 1. The van der Waals surface area contributed by atoms with Crippen LogP contribution in [0.25, 0.3) is 0 Å². The molecule has 1 aliphatic heterocycles. The van der Waals surface area contributed by atoms with E-state index in [9.17, 15) is 14.7 Å². The number of rotatable bonds is 3. The van der Waals surface area contributed by atoms with Crippen molar-refractivity contribution < 1.29 is 24.2 Å². The normalized spacial score (nSPS) is 22.0. The fourth-order valence-electron chi connectivity index (χ4n) is 2.42. The van der Waals surface area contributed by atoms with Crippen LogP contribution in [0.15, 0.2) is 0 Å². The zero-order chi connectivity index (χ0) is 17.8. The Balaban J connectivity index is 2.52. The van der Waals surface area contributed by atoms with Gasteiger partial charge in [0.1, 0.15) is 11.2 Å². The number of alkyl carbamates (subject to hydrolysis) is 1. The third-order valence-corrected chi connectivity index (χ3v) is 3.27. The first-order valence-corrected chi connectivity index (χ1v) is 7.98. The first-order valence-electron chi connectivity index (χ1n) is 7.98. The average Bonchev–Trinajstić information content (AvgIpc) is 2.75. The number of likely N-dealkylation sites (tertiary alicyclic amines) is 1. The summed E-state index contributed by atoms with van der Waals surface area (Å²) in [5, 5.41) is 12.2. The van der Waals surface area contributed by atoms with Gasteiger partial charge >= 0.3 is 12.2 Å². The topological polar surface area (TPSA) is 88.1 Å². The van der Waals surface area contributed by atoms with E-state index in [1.54, 1.807) is 41.5 Å². The Kier molecular flexibility index (Phi) is 6.27. The van der Waals surface area contributed by atoms with Gasteiger partial charge < -0.3 is 24.8 Å². The number of carbonyl (C=O) groups excluding carboxylic acids is 2. The van der Waals surface area contributed by atoms with Gasteiger partial charge in [0, 0.05) is 13.1 Å². The number of nitrogens with one attached hydrogen (secondary N) is 1. The second kappa shape index (κ2) is 7.38. The highest BCUT2D eigenvalue weighted by Crippen LogP contribution is 2.25. The van der Waals surface area contributed by atoms with E-state index in [-0.39, 0.29) is 18.6 Å². The lowest BCUT2D eigenvalue weighted by Crippen LogP contribution is -2.41.